The van der Waals surface area contributed by atoms with Gasteiger partial charge in [-0.05, 0) is 30.4 Å². The van der Waals surface area contributed by atoms with Crippen molar-refractivity contribution in [3.63, 3.8) is 0 Å². The molecule has 0 radical (unpaired) electrons. The minimum absolute atomic E-state index is 0.128. The maximum atomic E-state index is 12.4. The van der Waals surface area contributed by atoms with Crippen LogP contribution in [0, 0.1) is 11.8 Å². The standard InChI is InChI=1S/C18H23N3O3S/c1-13-8-14(2)10-21(9-13)17(22)12-25-18-20-19-16(24-18)11-23-15-6-4-3-5-7-15/h3-7,13-14H,8-12H2,1-2H3. The normalized spacial score (nSPS) is 20.5. The van der Waals surface area contributed by atoms with Crippen molar-refractivity contribution in [2.45, 2.75) is 32.1 Å². The second-order valence-electron chi connectivity index (χ2n) is 6.60. The number of ether oxygens (including phenoxy) is 1. The first kappa shape index (κ1) is 17.8. The molecule has 1 aromatic carbocycles. The van der Waals surface area contributed by atoms with E-state index in [0.717, 1.165) is 18.8 Å². The lowest BCUT2D eigenvalue weighted by atomic mass is 9.92. The van der Waals surface area contributed by atoms with Crippen LogP contribution in [-0.4, -0.2) is 39.8 Å². The van der Waals surface area contributed by atoms with Crippen LogP contribution in [0.3, 0.4) is 0 Å². The number of amides is 1. The summed E-state index contributed by atoms with van der Waals surface area (Å²) in [5.41, 5.74) is 0. The molecule has 2 heterocycles. The van der Waals surface area contributed by atoms with Crippen molar-refractivity contribution in [3.8, 4) is 5.75 Å². The topological polar surface area (TPSA) is 68.5 Å². The van der Waals surface area contributed by atoms with Gasteiger partial charge in [-0.2, -0.15) is 0 Å². The van der Waals surface area contributed by atoms with Crippen LogP contribution in [0.4, 0.5) is 0 Å². The Hall–Kier alpha value is -2.02. The number of aromatic nitrogens is 2. The number of nitrogens with zero attached hydrogens (tertiary/aromatic N) is 3. The number of carbonyl (C=O) groups excluding carboxylic acids is 1. The molecular weight excluding hydrogens is 338 g/mol. The van der Waals surface area contributed by atoms with Gasteiger partial charge in [0.05, 0.1) is 5.75 Å². The third-order valence-electron chi connectivity index (χ3n) is 4.09. The molecule has 7 heteroatoms. The summed E-state index contributed by atoms with van der Waals surface area (Å²) in [7, 11) is 0. The molecule has 25 heavy (non-hydrogen) atoms. The van der Waals surface area contributed by atoms with E-state index in [1.54, 1.807) is 0 Å². The van der Waals surface area contributed by atoms with Crippen molar-refractivity contribution in [2.75, 3.05) is 18.8 Å². The van der Waals surface area contributed by atoms with Crippen LogP contribution in [0.25, 0.3) is 0 Å². The van der Waals surface area contributed by atoms with Crippen LogP contribution in [0.5, 0.6) is 5.75 Å². The molecule has 2 unspecified atom stereocenters. The molecule has 1 fully saturated rings. The molecular formula is C18H23N3O3S. The summed E-state index contributed by atoms with van der Waals surface area (Å²) in [6, 6.07) is 9.46. The largest absolute Gasteiger partial charge is 0.484 e. The number of hydrogen-bond acceptors (Lipinski definition) is 6. The van der Waals surface area contributed by atoms with Gasteiger partial charge in [-0.15, -0.1) is 10.2 Å². The van der Waals surface area contributed by atoms with Gasteiger partial charge in [-0.1, -0.05) is 43.8 Å². The van der Waals surface area contributed by atoms with Crippen molar-refractivity contribution >= 4 is 17.7 Å². The van der Waals surface area contributed by atoms with Crippen LogP contribution < -0.4 is 4.74 Å². The number of thioether (sulfide) groups is 1. The zero-order valence-corrected chi connectivity index (χ0v) is 15.4. The molecule has 0 spiro atoms. The molecule has 6 nitrogen and oxygen atoms in total. The lowest BCUT2D eigenvalue weighted by Crippen LogP contribution is -2.43. The van der Waals surface area contributed by atoms with Crippen LogP contribution in [0.15, 0.2) is 40.0 Å². The second-order valence-corrected chi connectivity index (χ2v) is 7.52. The van der Waals surface area contributed by atoms with E-state index in [1.807, 2.05) is 35.2 Å². The highest BCUT2D eigenvalue weighted by molar-refractivity contribution is 7.99. The fraction of sp³-hybridized carbons (Fsp3) is 0.500. The maximum Gasteiger partial charge on any atom is 0.277 e. The summed E-state index contributed by atoms with van der Waals surface area (Å²) in [6.07, 6.45) is 1.19. The summed E-state index contributed by atoms with van der Waals surface area (Å²) < 4.78 is 11.1. The lowest BCUT2D eigenvalue weighted by molar-refractivity contribution is -0.130. The zero-order chi connectivity index (χ0) is 17.6. The Balaban J connectivity index is 1.46. The van der Waals surface area contributed by atoms with Gasteiger partial charge in [0.25, 0.3) is 11.1 Å². The quantitative estimate of drug-likeness (QED) is 0.736. The van der Waals surface area contributed by atoms with Crippen molar-refractivity contribution in [3.05, 3.63) is 36.2 Å². The highest BCUT2D eigenvalue weighted by Gasteiger charge is 2.25. The third-order valence-corrected chi connectivity index (χ3v) is 4.90. The first-order valence-corrected chi connectivity index (χ1v) is 9.49. The number of hydrogen-bond donors (Lipinski definition) is 0. The number of rotatable bonds is 6. The molecule has 0 N–H and O–H groups in total. The van der Waals surface area contributed by atoms with Crippen LogP contribution in [0.1, 0.15) is 26.2 Å². The fourth-order valence-corrected chi connectivity index (χ4v) is 3.78. The Labute approximate surface area is 151 Å². The number of para-hydroxylation sites is 1. The second kappa shape index (κ2) is 8.38. The molecule has 1 saturated heterocycles. The minimum atomic E-state index is 0.128. The van der Waals surface area contributed by atoms with E-state index >= 15 is 0 Å². The molecule has 1 aromatic heterocycles. The first-order valence-electron chi connectivity index (χ1n) is 8.51. The summed E-state index contributed by atoms with van der Waals surface area (Å²) in [4.78, 5) is 14.3. The highest BCUT2D eigenvalue weighted by Crippen LogP contribution is 2.23. The van der Waals surface area contributed by atoms with Gasteiger partial charge >= 0.3 is 0 Å². The van der Waals surface area contributed by atoms with Gasteiger partial charge in [0.1, 0.15) is 5.75 Å². The van der Waals surface area contributed by atoms with Crippen molar-refractivity contribution in [1.82, 2.24) is 15.1 Å². The summed E-state index contributed by atoms with van der Waals surface area (Å²) in [5, 5.41) is 8.33. The molecule has 2 atom stereocenters. The van der Waals surface area contributed by atoms with Crippen molar-refractivity contribution < 1.29 is 13.9 Å². The van der Waals surface area contributed by atoms with Crippen LogP contribution >= 0.6 is 11.8 Å². The fourth-order valence-electron chi connectivity index (χ4n) is 3.10. The third kappa shape index (κ3) is 5.22. The van der Waals surface area contributed by atoms with Gasteiger partial charge in [-0.3, -0.25) is 4.79 Å². The minimum Gasteiger partial charge on any atom is -0.484 e. The summed E-state index contributed by atoms with van der Waals surface area (Å²) >= 11 is 1.28. The summed E-state index contributed by atoms with van der Waals surface area (Å²) in [5.74, 6) is 2.72. The molecule has 134 valence electrons. The molecule has 0 aliphatic carbocycles. The molecule has 1 aliphatic rings. The average Bonchev–Trinajstić information content (AvgIpc) is 3.06. The number of carbonyl (C=O) groups is 1. The van der Waals surface area contributed by atoms with Crippen molar-refractivity contribution in [1.29, 1.82) is 0 Å². The predicted molar refractivity (Wildman–Crippen MR) is 95.3 cm³/mol. The Morgan fingerprint density at radius 2 is 1.96 bits per heavy atom. The van der Waals surface area contributed by atoms with E-state index in [1.165, 1.54) is 18.2 Å². The summed E-state index contributed by atoms with van der Waals surface area (Å²) in [6.45, 7) is 6.28. The van der Waals surface area contributed by atoms with Gasteiger partial charge in [-0.25, -0.2) is 0 Å². The Morgan fingerprint density at radius 3 is 2.68 bits per heavy atom. The highest BCUT2D eigenvalue weighted by atomic mass is 32.2. The van der Waals surface area contributed by atoms with E-state index in [-0.39, 0.29) is 12.5 Å². The average molecular weight is 361 g/mol. The number of benzene rings is 1. The SMILES string of the molecule is CC1CC(C)CN(C(=O)CSc2nnc(COc3ccccc3)o2)C1. The Bertz CT molecular complexity index is 682. The number of piperidine rings is 1. The Kier molecular flexibility index (Phi) is 5.96. The molecule has 0 saturated carbocycles. The van der Waals surface area contributed by atoms with Gasteiger partial charge in [0.2, 0.25) is 5.91 Å². The van der Waals surface area contributed by atoms with Crippen LogP contribution in [-0.2, 0) is 11.4 Å². The van der Waals surface area contributed by atoms with E-state index in [0.29, 0.717) is 28.7 Å². The monoisotopic (exact) mass is 361 g/mol. The molecule has 2 aromatic rings. The Morgan fingerprint density at radius 1 is 1.24 bits per heavy atom. The zero-order valence-electron chi connectivity index (χ0n) is 14.6. The lowest BCUT2D eigenvalue weighted by Gasteiger charge is -2.34. The van der Waals surface area contributed by atoms with E-state index in [9.17, 15) is 4.79 Å². The van der Waals surface area contributed by atoms with E-state index in [4.69, 9.17) is 9.15 Å². The molecule has 0 bridgehead atoms. The van der Waals surface area contributed by atoms with Crippen LogP contribution in [0.2, 0.25) is 0 Å². The van der Waals surface area contributed by atoms with Crippen molar-refractivity contribution in [2.24, 2.45) is 11.8 Å². The van der Waals surface area contributed by atoms with Gasteiger partial charge in [0.15, 0.2) is 6.61 Å². The number of likely N-dealkylation sites (tertiary alicyclic amines) is 1. The first-order chi connectivity index (χ1) is 12.1. The van der Waals surface area contributed by atoms with E-state index < -0.39 is 0 Å². The maximum absolute atomic E-state index is 12.4. The molecule has 1 aliphatic heterocycles. The van der Waals surface area contributed by atoms with Gasteiger partial charge in [0, 0.05) is 13.1 Å². The smallest absolute Gasteiger partial charge is 0.277 e. The van der Waals surface area contributed by atoms with E-state index in [2.05, 4.69) is 24.0 Å². The van der Waals surface area contributed by atoms with Gasteiger partial charge < -0.3 is 14.1 Å². The molecule has 1 amide bonds. The predicted octanol–water partition coefficient (Wildman–Crippen LogP) is 3.25. The molecule has 3 rings (SSSR count).